The second kappa shape index (κ2) is 8.95. The molecule has 0 aliphatic carbocycles. The Morgan fingerprint density at radius 3 is 2.75 bits per heavy atom. The first-order valence-electron chi connectivity index (χ1n) is 7.63. The Morgan fingerprint density at radius 1 is 1.45 bits per heavy atom. The smallest absolute Gasteiger partial charge is 0.325 e. The predicted octanol–water partition coefficient (Wildman–Crippen LogP) is 1.42. The van der Waals surface area contributed by atoms with E-state index in [4.69, 9.17) is 0 Å². The van der Waals surface area contributed by atoms with Crippen molar-refractivity contribution < 1.29 is 14.3 Å². The number of nitrogens with one attached hydrogen (secondary N) is 1. The molecule has 0 aromatic carbocycles. The van der Waals surface area contributed by atoms with Crippen LogP contribution in [-0.4, -0.2) is 50.1 Å². The third-order valence-corrected chi connectivity index (χ3v) is 4.03. The van der Waals surface area contributed by atoms with Gasteiger partial charge < -0.3 is 15.0 Å². The van der Waals surface area contributed by atoms with E-state index in [0.717, 1.165) is 19.5 Å². The van der Waals surface area contributed by atoms with Gasteiger partial charge in [-0.25, -0.2) is 0 Å². The van der Waals surface area contributed by atoms with Crippen LogP contribution in [0.2, 0.25) is 0 Å². The van der Waals surface area contributed by atoms with Crippen molar-refractivity contribution in [1.29, 1.82) is 0 Å². The molecule has 1 amide bonds. The van der Waals surface area contributed by atoms with Gasteiger partial charge in [0.25, 0.3) is 0 Å². The lowest BCUT2D eigenvalue weighted by Crippen LogP contribution is -2.39. The van der Waals surface area contributed by atoms with E-state index >= 15 is 0 Å². The number of hydrogen-bond acceptors (Lipinski definition) is 4. The molecule has 0 radical (unpaired) electrons. The van der Waals surface area contributed by atoms with Crippen LogP contribution >= 0.6 is 0 Å². The summed E-state index contributed by atoms with van der Waals surface area (Å²) in [6.07, 6.45) is 3.74. The van der Waals surface area contributed by atoms with Gasteiger partial charge in [0.2, 0.25) is 5.91 Å². The summed E-state index contributed by atoms with van der Waals surface area (Å²) in [5.41, 5.74) is 0. The molecule has 1 saturated heterocycles. The molecule has 5 heteroatoms. The van der Waals surface area contributed by atoms with Crippen molar-refractivity contribution >= 4 is 11.9 Å². The largest absolute Gasteiger partial charge is 0.468 e. The highest BCUT2D eigenvalue weighted by Gasteiger charge is 2.25. The van der Waals surface area contributed by atoms with E-state index in [-0.39, 0.29) is 18.4 Å². The number of carbonyl (C=O) groups is 2. The zero-order valence-corrected chi connectivity index (χ0v) is 13.0. The van der Waals surface area contributed by atoms with E-state index in [9.17, 15) is 9.59 Å². The van der Waals surface area contributed by atoms with Gasteiger partial charge >= 0.3 is 5.97 Å². The summed E-state index contributed by atoms with van der Waals surface area (Å²) in [6, 6.07) is 0. The molecular formula is C15H28N2O3. The lowest BCUT2D eigenvalue weighted by Gasteiger charge is -2.30. The third kappa shape index (κ3) is 5.49. The van der Waals surface area contributed by atoms with Crippen LogP contribution < -0.4 is 5.32 Å². The first kappa shape index (κ1) is 17.0. The Kier molecular flexibility index (Phi) is 7.59. The third-order valence-electron chi connectivity index (χ3n) is 4.03. The van der Waals surface area contributed by atoms with Gasteiger partial charge in [0, 0.05) is 13.0 Å². The highest BCUT2D eigenvalue weighted by atomic mass is 16.5. The van der Waals surface area contributed by atoms with Crippen molar-refractivity contribution in [3.05, 3.63) is 0 Å². The summed E-state index contributed by atoms with van der Waals surface area (Å²) in [7, 11) is 1.35. The van der Waals surface area contributed by atoms with Gasteiger partial charge in [-0.1, -0.05) is 13.8 Å². The molecule has 0 aromatic heterocycles. The second-order valence-corrected chi connectivity index (χ2v) is 5.68. The molecule has 1 fully saturated rings. The molecule has 0 aromatic rings. The molecule has 20 heavy (non-hydrogen) atoms. The van der Waals surface area contributed by atoms with Crippen LogP contribution in [0.1, 0.15) is 39.5 Å². The zero-order valence-electron chi connectivity index (χ0n) is 13.0. The summed E-state index contributed by atoms with van der Waals surface area (Å²) in [5, 5.41) is 3.39. The molecular weight excluding hydrogens is 256 g/mol. The van der Waals surface area contributed by atoms with Gasteiger partial charge in [-0.15, -0.1) is 0 Å². The van der Waals surface area contributed by atoms with E-state index in [1.54, 1.807) is 4.90 Å². The van der Waals surface area contributed by atoms with Crippen molar-refractivity contribution in [1.82, 2.24) is 10.2 Å². The van der Waals surface area contributed by atoms with Gasteiger partial charge in [-0.2, -0.15) is 0 Å². The Labute approximate surface area is 122 Å². The number of hydrogen-bond donors (Lipinski definition) is 1. The van der Waals surface area contributed by atoms with Crippen molar-refractivity contribution in [3.8, 4) is 0 Å². The van der Waals surface area contributed by atoms with Gasteiger partial charge in [-0.3, -0.25) is 9.59 Å². The lowest BCUT2D eigenvalue weighted by atomic mass is 9.85. The maximum atomic E-state index is 12.3. The summed E-state index contributed by atoms with van der Waals surface area (Å²) >= 11 is 0. The number of piperidine rings is 1. The van der Waals surface area contributed by atoms with Crippen molar-refractivity contribution in [2.75, 3.05) is 33.3 Å². The van der Waals surface area contributed by atoms with Gasteiger partial charge in [-0.05, 0) is 44.2 Å². The molecule has 2 atom stereocenters. The van der Waals surface area contributed by atoms with Crippen LogP contribution in [0.25, 0.3) is 0 Å². The van der Waals surface area contributed by atoms with Crippen LogP contribution in [0.4, 0.5) is 0 Å². The number of methoxy groups -OCH3 is 1. The normalized spacial score (nSPS) is 20.2. The molecule has 0 spiro atoms. The second-order valence-electron chi connectivity index (χ2n) is 5.68. The Morgan fingerprint density at radius 2 is 2.20 bits per heavy atom. The quantitative estimate of drug-likeness (QED) is 0.718. The maximum absolute atomic E-state index is 12.3. The first-order valence-corrected chi connectivity index (χ1v) is 7.63. The molecule has 1 aliphatic heterocycles. The standard InChI is InChI=1S/C15H28N2O3/c1-4-8-17(11-15(19)20-3)14(18)9-12(2)13-6-5-7-16-10-13/h12-13,16H,4-11H2,1-3H3. The van der Waals surface area contributed by atoms with Crippen LogP contribution in [0.5, 0.6) is 0 Å². The summed E-state index contributed by atoms with van der Waals surface area (Å²) in [6.45, 7) is 6.91. The molecule has 5 nitrogen and oxygen atoms in total. The first-order chi connectivity index (χ1) is 9.58. The highest BCUT2D eigenvalue weighted by molar-refractivity contribution is 5.82. The molecule has 0 saturated carbocycles. The minimum Gasteiger partial charge on any atom is -0.468 e. The monoisotopic (exact) mass is 284 g/mol. The Balaban J connectivity index is 2.48. The number of amides is 1. The molecule has 116 valence electrons. The summed E-state index contributed by atoms with van der Waals surface area (Å²) < 4.78 is 4.66. The van der Waals surface area contributed by atoms with Gasteiger partial charge in [0.15, 0.2) is 0 Å². The molecule has 1 N–H and O–H groups in total. The maximum Gasteiger partial charge on any atom is 0.325 e. The zero-order chi connectivity index (χ0) is 15.0. The topological polar surface area (TPSA) is 58.6 Å². The van der Waals surface area contributed by atoms with E-state index in [2.05, 4.69) is 17.0 Å². The summed E-state index contributed by atoms with van der Waals surface area (Å²) in [5.74, 6) is 0.635. The average Bonchev–Trinajstić information content (AvgIpc) is 2.47. The minimum absolute atomic E-state index is 0.0651. The number of ether oxygens (including phenoxy) is 1. The number of esters is 1. The SMILES string of the molecule is CCCN(CC(=O)OC)C(=O)CC(C)C1CCCNC1. The number of nitrogens with zero attached hydrogens (tertiary/aromatic N) is 1. The highest BCUT2D eigenvalue weighted by Crippen LogP contribution is 2.23. The molecule has 1 rings (SSSR count). The molecule has 1 heterocycles. The van der Waals surface area contributed by atoms with E-state index in [1.165, 1.54) is 20.0 Å². The molecule has 1 aliphatic rings. The van der Waals surface area contributed by atoms with Crippen LogP contribution in [0.3, 0.4) is 0 Å². The fraction of sp³-hybridized carbons (Fsp3) is 0.867. The Hall–Kier alpha value is -1.10. The van der Waals surface area contributed by atoms with Crippen molar-refractivity contribution in [2.24, 2.45) is 11.8 Å². The van der Waals surface area contributed by atoms with Crippen LogP contribution in [0, 0.1) is 11.8 Å². The average molecular weight is 284 g/mol. The molecule has 0 bridgehead atoms. The fourth-order valence-electron chi connectivity index (χ4n) is 2.72. The number of carbonyl (C=O) groups excluding carboxylic acids is 2. The lowest BCUT2D eigenvalue weighted by molar-refractivity contribution is -0.147. The van der Waals surface area contributed by atoms with Crippen LogP contribution in [-0.2, 0) is 14.3 Å². The van der Waals surface area contributed by atoms with E-state index < -0.39 is 0 Å². The predicted molar refractivity (Wildman–Crippen MR) is 78.3 cm³/mol. The Bertz CT molecular complexity index is 314. The van der Waals surface area contributed by atoms with Crippen molar-refractivity contribution in [2.45, 2.75) is 39.5 Å². The van der Waals surface area contributed by atoms with Crippen molar-refractivity contribution in [3.63, 3.8) is 0 Å². The van der Waals surface area contributed by atoms with E-state index in [0.29, 0.717) is 24.8 Å². The minimum atomic E-state index is -0.348. The van der Waals surface area contributed by atoms with Gasteiger partial charge in [0.05, 0.1) is 7.11 Å². The summed E-state index contributed by atoms with van der Waals surface area (Å²) in [4.78, 5) is 25.3. The fourth-order valence-corrected chi connectivity index (χ4v) is 2.72. The van der Waals surface area contributed by atoms with Gasteiger partial charge in [0.1, 0.15) is 6.54 Å². The molecule has 2 unspecified atom stereocenters. The number of rotatable bonds is 7. The van der Waals surface area contributed by atoms with E-state index in [1.807, 2.05) is 6.92 Å². The van der Waals surface area contributed by atoms with Crippen LogP contribution in [0.15, 0.2) is 0 Å².